The van der Waals surface area contributed by atoms with Crippen LogP contribution in [0.25, 0.3) is 10.8 Å². The number of fused-ring (bicyclic) bond motifs is 1. The zero-order valence-corrected chi connectivity index (χ0v) is 13.9. The predicted octanol–water partition coefficient (Wildman–Crippen LogP) is 4.79. The van der Waals surface area contributed by atoms with Crippen LogP contribution in [0.3, 0.4) is 0 Å². The van der Waals surface area contributed by atoms with E-state index >= 15 is 0 Å². The molecule has 0 fully saturated rings. The lowest BCUT2D eigenvalue weighted by Gasteiger charge is -2.18. The van der Waals surface area contributed by atoms with E-state index in [1.54, 1.807) is 7.11 Å². The second kappa shape index (κ2) is 7.03. The molecule has 2 nitrogen and oxygen atoms in total. The minimum absolute atomic E-state index is 0.226. The van der Waals surface area contributed by atoms with Gasteiger partial charge < -0.3 is 10.5 Å². The summed E-state index contributed by atoms with van der Waals surface area (Å²) in [4.78, 5) is 0. The summed E-state index contributed by atoms with van der Waals surface area (Å²) >= 11 is 6.26. The van der Waals surface area contributed by atoms with Crippen molar-refractivity contribution in [3.8, 4) is 5.75 Å². The van der Waals surface area contributed by atoms with Gasteiger partial charge >= 0.3 is 0 Å². The van der Waals surface area contributed by atoms with E-state index in [0.29, 0.717) is 17.3 Å². The average molecular weight is 326 g/mol. The van der Waals surface area contributed by atoms with Gasteiger partial charge in [-0.1, -0.05) is 60.1 Å². The molecule has 0 aliphatic carbocycles. The fourth-order valence-electron chi connectivity index (χ4n) is 3.01. The molecule has 3 heteroatoms. The van der Waals surface area contributed by atoms with Gasteiger partial charge in [-0.3, -0.25) is 0 Å². The van der Waals surface area contributed by atoms with E-state index in [9.17, 15) is 0 Å². The van der Waals surface area contributed by atoms with Gasteiger partial charge in [-0.25, -0.2) is 0 Å². The Balaban J connectivity index is 1.94. The summed E-state index contributed by atoms with van der Waals surface area (Å²) in [5.41, 5.74) is 8.50. The smallest absolute Gasteiger partial charge is 0.137 e. The second-order valence-corrected chi connectivity index (χ2v) is 6.08. The van der Waals surface area contributed by atoms with Crippen LogP contribution in [0, 0.1) is 0 Å². The Hall–Kier alpha value is -2.03. The summed E-state index contributed by atoms with van der Waals surface area (Å²) in [7, 11) is 1.62. The van der Waals surface area contributed by atoms with Crippen molar-refractivity contribution < 1.29 is 4.74 Å². The molecule has 0 saturated carbocycles. The Morgan fingerprint density at radius 1 is 1.04 bits per heavy atom. The van der Waals surface area contributed by atoms with Crippen molar-refractivity contribution in [2.45, 2.75) is 12.3 Å². The Morgan fingerprint density at radius 3 is 2.57 bits per heavy atom. The number of halogens is 1. The largest absolute Gasteiger partial charge is 0.495 e. The van der Waals surface area contributed by atoms with Crippen molar-refractivity contribution in [3.05, 3.63) is 76.8 Å². The molecule has 0 aliphatic rings. The zero-order chi connectivity index (χ0) is 16.2. The lowest BCUT2D eigenvalue weighted by atomic mass is 9.90. The van der Waals surface area contributed by atoms with Gasteiger partial charge in [0.25, 0.3) is 0 Å². The first-order valence-corrected chi connectivity index (χ1v) is 8.11. The predicted molar refractivity (Wildman–Crippen MR) is 97.5 cm³/mol. The maximum Gasteiger partial charge on any atom is 0.137 e. The van der Waals surface area contributed by atoms with Gasteiger partial charge in [-0.05, 0) is 47.0 Å². The number of ether oxygens (including phenoxy) is 1. The zero-order valence-electron chi connectivity index (χ0n) is 13.1. The number of methoxy groups -OCH3 is 1. The lowest BCUT2D eigenvalue weighted by molar-refractivity contribution is 0.414. The number of nitrogens with two attached hydrogens (primary N) is 1. The fraction of sp³-hybridized carbons (Fsp3) is 0.200. The first kappa shape index (κ1) is 15.9. The molecular weight excluding hydrogens is 306 g/mol. The Kier molecular flexibility index (Phi) is 4.85. The second-order valence-electron chi connectivity index (χ2n) is 5.67. The number of hydrogen-bond donors (Lipinski definition) is 1. The van der Waals surface area contributed by atoms with Crippen molar-refractivity contribution in [2.75, 3.05) is 13.7 Å². The van der Waals surface area contributed by atoms with Gasteiger partial charge in [0.05, 0.1) is 12.1 Å². The minimum Gasteiger partial charge on any atom is -0.495 e. The van der Waals surface area contributed by atoms with E-state index in [2.05, 4.69) is 42.5 Å². The SMILES string of the molecule is COc1ccc(C(CN)Cc2cccc3ccccc23)cc1Cl. The van der Waals surface area contributed by atoms with Crippen LogP contribution in [0.1, 0.15) is 17.0 Å². The molecule has 0 radical (unpaired) electrons. The van der Waals surface area contributed by atoms with Gasteiger partial charge in [0.2, 0.25) is 0 Å². The molecule has 1 atom stereocenters. The van der Waals surface area contributed by atoms with E-state index in [1.807, 2.05) is 18.2 Å². The van der Waals surface area contributed by atoms with Crippen molar-refractivity contribution in [1.82, 2.24) is 0 Å². The molecule has 0 heterocycles. The van der Waals surface area contributed by atoms with E-state index in [4.69, 9.17) is 22.1 Å². The highest BCUT2D eigenvalue weighted by Crippen LogP contribution is 2.31. The fourth-order valence-corrected chi connectivity index (χ4v) is 3.28. The monoisotopic (exact) mass is 325 g/mol. The molecule has 0 spiro atoms. The van der Waals surface area contributed by atoms with E-state index in [0.717, 1.165) is 12.0 Å². The maximum absolute atomic E-state index is 6.26. The third kappa shape index (κ3) is 3.34. The molecule has 0 aliphatic heterocycles. The van der Waals surface area contributed by atoms with E-state index in [-0.39, 0.29) is 5.92 Å². The summed E-state index contributed by atoms with van der Waals surface area (Å²) < 4.78 is 5.23. The van der Waals surface area contributed by atoms with Gasteiger partial charge in [0.1, 0.15) is 5.75 Å². The quantitative estimate of drug-likeness (QED) is 0.732. The lowest BCUT2D eigenvalue weighted by Crippen LogP contribution is -2.15. The maximum atomic E-state index is 6.26. The summed E-state index contributed by atoms with van der Waals surface area (Å²) in [6.45, 7) is 0.575. The normalized spacial score (nSPS) is 12.3. The van der Waals surface area contributed by atoms with Crippen LogP contribution in [0.4, 0.5) is 0 Å². The van der Waals surface area contributed by atoms with Crippen LogP contribution in [0.5, 0.6) is 5.75 Å². The van der Waals surface area contributed by atoms with Crippen LogP contribution in [-0.2, 0) is 6.42 Å². The van der Waals surface area contributed by atoms with Crippen molar-refractivity contribution >= 4 is 22.4 Å². The van der Waals surface area contributed by atoms with Gasteiger partial charge in [0.15, 0.2) is 0 Å². The number of hydrogen-bond acceptors (Lipinski definition) is 2. The first-order chi connectivity index (χ1) is 11.2. The molecule has 0 aromatic heterocycles. The van der Waals surface area contributed by atoms with Gasteiger partial charge in [-0.15, -0.1) is 0 Å². The molecule has 0 amide bonds. The molecule has 1 unspecified atom stereocenters. The summed E-state index contributed by atoms with van der Waals surface area (Å²) in [6.07, 6.45) is 0.889. The first-order valence-electron chi connectivity index (χ1n) is 7.73. The van der Waals surface area contributed by atoms with Gasteiger partial charge in [-0.2, -0.15) is 0 Å². The summed E-state index contributed by atoms with van der Waals surface area (Å²) in [5.74, 6) is 0.917. The minimum atomic E-state index is 0.226. The highest BCUT2D eigenvalue weighted by molar-refractivity contribution is 6.32. The number of benzene rings is 3. The van der Waals surface area contributed by atoms with Crippen LogP contribution in [0.2, 0.25) is 5.02 Å². The molecule has 0 bridgehead atoms. The van der Waals surface area contributed by atoms with E-state index in [1.165, 1.54) is 16.3 Å². The van der Waals surface area contributed by atoms with Crippen molar-refractivity contribution in [2.24, 2.45) is 5.73 Å². The van der Waals surface area contributed by atoms with Crippen LogP contribution >= 0.6 is 11.6 Å². The number of rotatable bonds is 5. The topological polar surface area (TPSA) is 35.2 Å². The third-order valence-electron chi connectivity index (χ3n) is 4.28. The Morgan fingerprint density at radius 2 is 1.83 bits per heavy atom. The van der Waals surface area contributed by atoms with Crippen LogP contribution < -0.4 is 10.5 Å². The highest BCUT2D eigenvalue weighted by atomic mass is 35.5. The molecule has 23 heavy (non-hydrogen) atoms. The highest BCUT2D eigenvalue weighted by Gasteiger charge is 2.14. The van der Waals surface area contributed by atoms with Crippen LogP contribution in [0.15, 0.2) is 60.7 Å². The Labute approximate surface area is 141 Å². The van der Waals surface area contributed by atoms with Crippen molar-refractivity contribution in [1.29, 1.82) is 0 Å². The molecule has 3 rings (SSSR count). The molecule has 3 aromatic rings. The summed E-state index contributed by atoms with van der Waals surface area (Å²) in [6, 6.07) is 20.8. The molecular formula is C20H20ClNO. The molecule has 118 valence electrons. The Bertz CT molecular complexity index is 810. The average Bonchev–Trinajstić information content (AvgIpc) is 2.59. The summed E-state index contributed by atoms with van der Waals surface area (Å²) in [5, 5.41) is 3.17. The standard InChI is InChI=1S/C20H20ClNO/c1-23-20-10-9-15(12-19(20)21)17(13-22)11-16-7-4-6-14-5-2-3-8-18(14)16/h2-10,12,17H,11,13,22H2,1H3. The molecule has 2 N–H and O–H groups in total. The van der Waals surface area contributed by atoms with E-state index < -0.39 is 0 Å². The van der Waals surface area contributed by atoms with Crippen LogP contribution in [-0.4, -0.2) is 13.7 Å². The van der Waals surface area contributed by atoms with Crippen molar-refractivity contribution in [3.63, 3.8) is 0 Å². The molecule has 0 saturated heterocycles. The molecule has 3 aromatic carbocycles. The van der Waals surface area contributed by atoms with Gasteiger partial charge in [0, 0.05) is 5.92 Å². The third-order valence-corrected chi connectivity index (χ3v) is 4.57.